The zero-order chi connectivity index (χ0) is 8.39. The maximum atomic E-state index is 6.21. The monoisotopic (exact) mass is 270 g/mol. The molecule has 0 aromatic carbocycles. The molecule has 13 heavy (non-hydrogen) atoms. The maximum absolute atomic E-state index is 6.21. The summed E-state index contributed by atoms with van der Waals surface area (Å²) in [7, 11) is 0. The average molecular weight is 271 g/mol. The third kappa shape index (κ3) is 2.47. The van der Waals surface area contributed by atoms with Crippen LogP contribution in [-0.4, -0.2) is 0 Å². The van der Waals surface area contributed by atoms with Crippen molar-refractivity contribution < 1.29 is 22.4 Å². The van der Waals surface area contributed by atoms with Crippen LogP contribution in [0, 0.1) is 17.2 Å². The van der Waals surface area contributed by atoms with Gasteiger partial charge in [-0.25, -0.2) is 0 Å². The number of halogens is 1. The van der Waals surface area contributed by atoms with Crippen LogP contribution in [0.25, 0.3) is 0 Å². The van der Waals surface area contributed by atoms with Gasteiger partial charge in [0.25, 0.3) is 0 Å². The van der Waals surface area contributed by atoms with Gasteiger partial charge in [-0.2, -0.15) is 0 Å². The van der Waals surface area contributed by atoms with E-state index in [-0.39, 0.29) is 22.4 Å². The molecule has 0 aromatic heterocycles. The van der Waals surface area contributed by atoms with E-state index < -0.39 is 0 Å². The van der Waals surface area contributed by atoms with Crippen LogP contribution in [0.2, 0.25) is 0 Å². The Balaban J connectivity index is 0.000000845. The van der Waals surface area contributed by atoms with E-state index in [0.717, 1.165) is 5.38 Å². The minimum absolute atomic E-state index is 0. The molecule has 2 radical (unpaired) electrons. The number of rotatable bonds is 2. The molecule has 66 valence electrons. The third-order valence-corrected chi connectivity index (χ3v) is 2.64. The first-order valence-corrected chi connectivity index (χ1v) is 4.48. The van der Waals surface area contributed by atoms with Gasteiger partial charge in [0.15, 0.2) is 0 Å². The Labute approximate surface area is 99.6 Å². The van der Waals surface area contributed by atoms with Crippen molar-refractivity contribution in [3.63, 3.8) is 0 Å². The molecule has 0 N–H and O–H groups in total. The van der Waals surface area contributed by atoms with E-state index in [0.29, 0.717) is 11.8 Å². The van der Waals surface area contributed by atoms with Crippen molar-refractivity contribution in [2.24, 2.45) is 11.8 Å². The Morgan fingerprint density at radius 2 is 1.08 bits per heavy atom. The Hall–Kier alpha value is -0.00974. The maximum Gasteiger partial charge on any atom is 0.0849 e. The second-order valence-electron chi connectivity index (χ2n) is 2.98. The van der Waals surface area contributed by atoms with Crippen molar-refractivity contribution in [3.05, 3.63) is 54.0 Å². The molecule has 0 spiro atoms. The zero-order valence-electron chi connectivity index (χ0n) is 7.10. The molecule has 0 heterocycles. The molecule has 2 heteroatoms. The third-order valence-electron chi connectivity index (χ3n) is 2.13. The first-order valence-electron chi connectivity index (χ1n) is 4.10. The number of hydrogen-bond donors (Lipinski definition) is 0. The smallest absolute Gasteiger partial charge is 0.0849 e. The Kier molecular flexibility index (Phi) is 4.27. The molecule has 2 aliphatic rings. The van der Waals surface area contributed by atoms with Gasteiger partial charge in [-0.05, 0) is 0 Å². The van der Waals surface area contributed by atoms with Gasteiger partial charge >= 0.3 is 0 Å². The van der Waals surface area contributed by atoms with Crippen LogP contribution in [0.15, 0.2) is 48.6 Å². The summed E-state index contributed by atoms with van der Waals surface area (Å²) in [5.74, 6) is 0.646. The average Bonchev–Trinajstić information content (AvgIpc) is 2.77. The van der Waals surface area contributed by atoms with Crippen LogP contribution in [0.4, 0.5) is 0 Å². The van der Waals surface area contributed by atoms with Gasteiger partial charge in [-0.15, -0.1) is 11.6 Å². The van der Waals surface area contributed by atoms with Gasteiger partial charge in [0.05, 0.1) is 5.38 Å². The first kappa shape index (κ1) is 11.1. The molecular formula is C11H10ClNb. The quantitative estimate of drug-likeness (QED) is 0.676. The fraction of sp³-hybridized carbons (Fsp3) is 0.182. The molecule has 0 unspecified atom stereocenters. The van der Waals surface area contributed by atoms with Gasteiger partial charge in [-0.3, -0.25) is 0 Å². The van der Waals surface area contributed by atoms with Crippen molar-refractivity contribution in [3.8, 4) is 0 Å². The van der Waals surface area contributed by atoms with Crippen LogP contribution in [0.1, 0.15) is 0 Å². The van der Waals surface area contributed by atoms with E-state index in [1.807, 2.05) is 24.3 Å². The van der Waals surface area contributed by atoms with E-state index in [1.54, 1.807) is 0 Å². The predicted molar refractivity (Wildman–Crippen MR) is 52.6 cm³/mol. The SMILES string of the molecule is Cl[C](C1C=CC=C1)C1C=CC=C1.[Nb]. The van der Waals surface area contributed by atoms with Gasteiger partial charge in [0, 0.05) is 34.2 Å². The summed E-state index contributed by atoms with van der Waals surface area (Å²) in [4.78, 5) is 0. The molecule has 0 aliphatic heterocycles. The summed E-state index contributed by atoms with van der Waals surface area (Å²) < 4.78 is 0. The van der Waals surface area contributed by atoms with Crippen molar-refractivity contribution in [1.29, 1.82) is 0 Å². The molecule has 0 bridgehead atoms. The standard InChI is InChI=1S/C11H10Cl.Nb/c12-11(9-5-1-2-6-9)10-7-3-4-8-10;/h1-10H;. The van der Waals surface area contributed by atoms with Crippen molar-refractivity contribution >= 4 is 11.6 Å². The van der Waals surface area contributed by atoms with E-state index in [4.69, 9.17) is 11.6 Å². The van der Waals surface area contributed by atoms with Crippen molar-refractivity contribution in [1.82, 2.24) is 0 Å². The van der Waals surface area contributed by atoms with E-state index in [9.17, 15) is 0 Å². The Morgan fingerprint density at radius 3 is 1.38 bits per heavy atom. The molecule has 0 nitrogen and oxygen atoms in total. The fourth-order valence-corrected chi connectivity index (χ4v) is 1.74. The molecule has 0 fully saturated rings. The molecule has 0 atom stereocenters. The first-order chi connectivity index (χ1) is 5.88. The van der Waals surface area contributed by atoms with Gasteiger partial charge in [-0.1, -0.05) is 48.6 Å². The predicted octanol–water partition coefficient (Wildman–Crippen LogP) is 3.24. The second-order valence-corrected chi connectivity index (χ2v) is 3.41. The van der Waals surface area contributed by atoms with Crippen LogP contribution in [0.5, 0.6) is 0 Å². The molecule has 2 aliphatic carbocycles. The fourth-order valence-electron chi connectivity index (χ4n) is 1.45. The van der Waals surface area contributed by atoms with Crippen molar-refractivity contribution in [2.45, 2.75) is 0 Å². The van der Waals surface area contributed by atoms with Crippen LogP contribution >= 0.6 is 11.6 Å². The number of hydrogen-bond acceptors (Lipinski definition) is 0. The number of allylic oxidation sites excluding steroid dienone is 8. The van der Waals surface area contributed by atoms with E-state index in [2.05, 4.69) is 24.3 Å². The van der Waals surface area contributed by atoms with Crippen molar-refractivity contribution in [2.75, 3.05) is 0 Å². The van der Waals surface area contributed by atoms with Gasteiger partial charge < -0.3 is 0 Å². The normalized spacial score (nSPS) is 20.5. The van der Waals surface area contributed by atoms with Crippen LogP contribution in [0.3, 0.4) is 0 Å². The minimum Gasteiger partial charge on any atom is -0.115 e. The summed E-state index contributed by atoms with van der Waals surface area (Å²) >= 11 is 6.21. The summed E-state index contributed by atoms with van der Waals surface area (Å²) in [6.45, 7) is 0. The largest absolute Gasteiger partial charge is 0.115 e. The Bertz CT molecular complexity index is 224. The summed E-state index contributed by atoms with van der Waals surface area (Å²) in [6.07, 6.45) is 16.6. The van der Waals surface area contributed by atoms with Gasteiger partial charge in [0.1, 0.15) is 0 Å². The molecule has 2 rings (SSSR count). The molecule has 0 saturated heterocycles. The van der Waals surface area contributed by atoms with Gasteiger partial charge in [0.2, 0.25) is 0 Å². The molecule has 0 amide bonds. The summed E-state index contributed by atoms with van der Waals surface area (Å²) in [5.41, 5.74) is 0. The van der Waals surface area contributed by atoms with Crippen LogP contribution < -0.4 is 0 Å². The summed E-state index contributed by atoms with van der Waals surface area (Å²) in [6, 6.07) is 0. The van der Waals surface area contributed by atoms with E-state index >= 15 is 0 Å². The zero-order valence-corrected chi connectivity index (χ0v) is 10.1. The molecular weight excluding hydrogens is 260 g/mol. The Morgan fingerprint density at radius 1 is 0.769 bits per heavy atom. The minimum atomic E-state index is 0. The topological polar surface area (TPSA) is 0 Å². The molecule has 0 aromatic rings. The second kappa shape index (κ2) is 5.02. The molecule has 0 saturated carbocycles. The van der Waals surface area contributed by atoms with Crippen LogP contribution in [-0.2, 0) is 22.4 Å². The summed E-state index contributed by atoms with van der Waals surface area (Å²) in [5, 5.41) is 0.991. The van der Waals surface area contributed by atoms with E-state index in [1.165, 1.54) is 0 Å².